The lowest BCUT2D eigenvalue weighted by Crippen LogP contribution is -2.43. The van der Waals surface area contributed by atoms with Crippen LogP contribution < -0.4 is 5.32 Å². The van der Waals surface area contributed by atoms with Crippen LogP contribution in [0.3, 0.4) is 0 Å². The fourth-order valence-electron chi connectivity index (χ4n) is 2.07. The summed E-state index contributed by atoms with van der Waals surface area (Å²) in [5.41, 5.74) is 1.54. The van der Waals surface area contributed by atoms with Crippen molar-refractivity contribution in [2.45, 2.75) is 45.2 Å². The van der Waals surface area contributed by atoms with Gasteiger partial charge < -0.3 is 5.32 Å². The summed E-state index contributed by atoms with van der Waals surface area (Å²) >= 11 is 0. The van der Waals surface area contributed by atoms with Crippen LogP contribution in [0.1, 0.15) is 33.1 Å². The van der Waals surface area contributed by atoms with Crippen LogP contribution in [-0.2, 0) is 0 Å². The standard InChI is InChI=1S/C12H22N2/c1-10-4-3-7-14(9-10)11(2)8-13-12-5-6-12/h4,11-13H,3,5-9H2,1-2H3. The molecular weight excluding hydrogens is 172 g/mol. The lowest BCUT2D eigenvalue weighted by atomic mass is 10.1. The van der Waals surface area contributed by atoms with E-state index in [1.807, 2.05) is 0 Å². The molecule has 2 heteroatoms. The van der Waals surface area contributed by atoms with Crippen LogP contribution in [-0.4, -0.2) is 36.6 Å². The van der Waals surface area contributed by atoms with E-state index in [1.165, 1.54) is 37.9 Å². The Morgan fingerprint density at radius 1 is 1.57 bits per heavy atom. The second kappa shape index (κ2) is 4.45. The molecule has 1 heterocycles. The van der Waals surface area contributed by atoms with Gasteiger partial charge in [0.25, 0.3) is 0 Å². The van der Waals surface area contributed by atoms with Crippen molar-refractivity contribution in [3.63, 3.8) is 0 Å². The normalized spacial score (nSPS) is 26.0. The highest BCUT2D eigenvalue weighted by molar-refractivity contribution is 5.05. The van der Waals surface area contributed by atoms with Crippen molar-refractivity contribution in [3.05, 3.63) is 11.6 Å². The summed E-state index contributed by atoms with van der Waals surface area (Å²) in [6.45, 7) is 8.16. The Balaban J connectivity index is 1.72. The smallest absolute Gasteiger partial charge is 0.0195 e. The molecule has 0 aromatic heterocycles. The molecule has 0 aromatic rings. The maximum absolute atomic E-state index is 3.61. The van der Waals surface area contributed by atoms with Crippen LogP contribution in [0.5, 0.6) is 0 Å². The van der Waals surface area contributed by atoms with Gasteiger partial charge in [-0.2, -0.15) is 0 Å². The summed E-state index contributed by atoms with van der Waals surface area (Å²) in [6, 6.07) is 1.54. The second-order valence-electron chi connectivity index (χ2n) is 4.84. The maximum atomic E-state index is 3.61. The van der Waals surface area contributed by atoms with Gasteiger partial charge in [-0.3, -0.25) is 4.90 Å². The number of rotatable bonds is 4. The van der Waals surface area contributed by atoms with Crippen LogP contribution in [0.2, 0.25) is 0 Å². The summed E-state index contributed by atoms with van der Waals surface area (Å²) in [6.07, 6.45) is 6.40. The number of hydrogen-bond acceptors (Lipinski definition) is 2. The van der Waals surface area contributed by atoms with Gasteiger partial charge >= 0.3 is 0 Å². The molecule has 2 rings (SSSR count). The molecule has 1 aliphatic carbocycles. The van der Waals surface area contributed by atoms with Crippen LogP contribution >= 0.6 is 0 Å². The van der Waals surface area contributed by atoms with E-state index in [9.17, 15) is 0 Å². The third-order valence-electron chi connectivity index (χ3n) is 3.26. The van der Waals surface area contributed by atoms with Gasteiger partial charge in [-0.15, -0.1) is 0 Å². The highest BCUT2D eigenvalue weighted by Crippen LogP contribution is 2.19. The molecular formula is C12H22N2. The number of hydrogen-bond donors (Lipinski definition) is 1. The Morgan fingerprint density at radius 3 is 3.00 bits per heavy atom. The summed E-state index contributed by atoms with van der Waals surface area (Å²) < 4.78 is 0. The predicted molar refractivity (Wildman–Crippen MR) is 60.4 cm³/mol. The summed E-state index contributed by atoms with van der Waals surface area (Å²) in [7, 11) is 0. The molecule has 0 bridgehead atoms. The van der Waals surface area contributed by atoms with Crippen LogP contribution in [0, 0.1) is 0 Å². The van der Waals surface area contributed by atoms with Gasteiger partial charge in [-0.05, 0) is 33.1 Å². The molecule has 1 N–H and O–H groups in total. The van der Waals surface area contributed by atoms with Gasteiger partial charge in [-0.1, -0.05) is 11.6 Å². The van der Waals surface area contributed by atoms with E-state index in [2.05, 4.69) is 30.1 Å². The summed E-state index contributed by atoms with van der Waals surface area (Å²) in [5.74, 6) is 0. The third kappa shape index (κ3) is 2.82. The van der Waals surface area contributed by atoms with Gasteiger partial charge in [-0.25, -0.2) is 0 Å². The van der Waals surface area contributed by atoms with E-state index in [0.29, 0.717) is 6.04 Å². The van der Waals surface area contributed by atoms with E-state index >= 15 is 0 Å². The van der Waals surface area contributed by atoms with Crippen LogP contribution in [0.15, 0.2) is 11.6 Å². The predicted octanol–water partition coefficient (Wildman–Crippen LogP) is 1.78. The Bertz CT molecular complexity index is 218. The van der Waals surface area contributed by atoms with Crippen molar-refractivity contribution >= 4 is 0 Å². The van der Waals surface area contributed by atoms with Crippen molar-refractivity contribution in [3.8, 4) is 0 Å². The van der Waals surface area contributed by atoms with Gasteiger partial charge in [0.1, 0.15) is 0 Å². The molecule has 2 nitrogen and oxygen atoms in total. The zero-order valence-corrected chi connectivity index (χ0v) is 9.42. The van der Waals surface area contributed by atoms with E-state index < -0.39 is 0 Å². The van der Waals surface area contributed by atoms with Gasteiger partial charge in [0.15, 0.2) is 0 Å². The molecule has 0 radical (unpaired) electrons. The quantitative estimate of drug-likeness (QED) is 0.686. The first-order chi connectivity index (χ1) is 6.75. The number of nitrogens with one attached hydrogen (secondary N) is 1. The molecule has 0 spiro atoms. The van der Waals surface area contributed by atoms with E-state index in [-0.39, 0.29) is 0 Å². The zero-order chi connectivity index (χ0) is 9.97. The van der Waals surface area contributed by atoms with Gasteiger partial charge in [0.05, 0.1) is 0 Å². The number of nitrogens with zero attached hydrogens (tertiary/aromatic N) is 1. The van der Waals surface area contributed by atoms with Crippen molar-refractivity contribution < 1.29 is 0 Å². The van der Waals surface area contributed by atoms with Crippen LogP contribution in [0.25, 0.3) is 0 Å². The first-order valence-corrected chi connectivity index (χ1v) is 5.89. The molecule has 80 valence electrons. The first-order valence-electron chi connectivity index (χ1n) is 5.89. The fourth-order valence-corrected chi connectivity index (χ4v) is 2.07. The van der Waals surface area contributed by atoms with E-state index in [0.717, 1.165) is 12.6 Å². The van der Waals surface area contributed by atoms with Crippen molar-refractivity contribution in [2.75, 3.05) is 19.6 Å². The molecule has 1 aliphatic heterocycles. The minimum absolute atomic E-state index is 0.694. The highest BCUT2D eigenvalue weighted by Gasteiger charge is 2.23. The molecule has 1 unspecified atom stereocenters. The van der Waals surface area contributed by atoms with Crippen LogP contribution in [0.4, 0.5) is 0 Å². The van der Waals surface area contributed by atoms with Crippen molar-refractivity contribution in [1.29, 1.82) is 0 Å². The summed E-state index contributed by atoms with van der Waals surface area (Å²) in [4.78, 5) is 2.59. The lowest BCUT2D eigenvalue weighted by molar-refractivity contribution is 0.216. The molecule has 1 fully saturated rings. The zero-order valence-electron chi connectivity index (χ0n) is 9.42. The van der Waals surface area contributed by atoms with E-state index in [4.69, 9.17) is 0 Å². The van der Waals surface area contributed by atoms with Gasteiger partial charge in [0, 0.05) is 31.7 Å². The molecule has 14 heavy (non-hydrogen) atoms. The summed E-state index contributed by atoms with van der Waals surface area (Å²) in [5, 5.41) is 3.61. The molecule has 0 amide bonds. The fraction of sp³-hybridized carbons (Fsp3) is 0.833. The SMILES string of the molecule is CC1=CCCN(C(C)CNC2CC2)C1. The Hall–Kier alpha value is -0.340. The lowest BCUT2D eigenvalue weighted by Gasteiger charge is -2.32. The average Bonchev–Trinajstić information content (AvgIpc) is 2.97. The maximum Gasteiger partial charge on any atom is 0.0195 e. The molecule has 0 aromatic carbocycles. The largest absolute Gasteiger partial charge is 0.312 e. The average molecular weight is 194 g/mol. The second-order valence-corrected chi connectivity index (χ2v) is 4.84. The highest BCUT2D eigenvalue weighted by atomic mass is 15.2. The topological polar surface area (TPSA) is 15.3 Å². The van der Waals surface area contributed by atoms with Crippen molar-refractivity contribution in [1.82, 2.24) is 10.2 Å². The van der Waals surface area contributed by atoms with Crippen molar-refractivity contribution in [2.24, 2.45) is 0 Å². The minimum atomic E-state index is 0.694. The Kier molecular flexibility index (Phi) is 3.24. The molecule has 1 atom stereocenters. The van der Waals surface area contributed by atoms with Gasteiger partial charge in [0.2, 0.25) is 0 Å². The molecule has 2 aliphatic rings. The van der Waals surface area contributed by atoms with E-state index in [1.54, 1.807) is 0 Å². The minimum Gasteiger partial charge on any atom is -0.312 e. The monoisotopic (exact) mass is 194 g/mol. The Morgan fingerprint density at radius 2 is 2.36 bits per heavy atom. The first kappa shape index (κ1) is 10.2. The Labute approximate surface area is 87.4 Å². The molecule has 0 saturated heterocycles. The molecule has 1 saturated carbocycles. The third-order valence-corrected chi connectivity index (χ3v) is 3.26.